The van der Waals surface area contributed by atoms with Gasteiger partial charge in [0.15, 0.2) is 0 Å². The van der Waals surface area contributed by atoms with Crippen LogP contribution in [0, 0.1) is 0 Å². The van der Waals surface area contributed by atoms with Crippen LogP contribution in [0.5, 0.6) is 0 Å². The zero-order valence-electron chi connectivity index (χ0n) is 28.0. The molecule has 0 spiro atoms. The topological polar surface area (TPSA) is 14.8 Å². The molecule has 0 fully saturated rings. The van der Waals surface area contributed by atoms with Crippen LogP contribution in [0.4, 0.5) is 0 Å². The van der Waals surface area contributed by atoms with Gasteiger partial charge < -0.3 is 13.7 Å². The van der Waals surface area contributed by atoms with Gasteiger partial charge >= 0.3 is 0 Å². The summed E-state index contributed by atoms with van der Waals surface area (Å²) in [5, 5.41) is 10.1. The third-order valence-corrected chi connectivity index (χ3v) is 12.2. The standard InChI is InChI=1S/C48H29N3S/c1-6-16-41-33(11-1)34-12-2-7-17-42(34)49(41)30-21-24-45-38(27-30)39-28-31(50-43-18-8-3-13-35(43)36-14-4-9-19-44(36)50)22-25-46(39)51(45)32-23-26-48-40(29-32)37-15-5-10-20-47(37)52-48/h1-29H. The Labute approximate surface area is 302 Å². The number of thiophene rings is 1. The van der Waals surface area contributed by atoms with Gasteiger partial charge in [0.2, 0.25) is 0 Å². The number of para-hydroxylation sites is 4. The van der Waals surface area contributed by atoms with Crippen molar-refractivity contribution in [1.82, 2.24) is 13.7 Å². The molecule has 242 valence electrons. The van der Waals surface area contributed by atoms with Gasteiger partial charge in [0, 0.05) is 69.6 Å². The van der Waals surface area contributed by atoms with E-state index in [1.165, 1.54) is 91.3 Å². The van der Waals surface area contributed by atoms with Crippen molar-refractivity contribution < 1.29 is 0 Å². The Balaban J connectivity index is 1.18. The number of aromatic nitrogens is 3. The summed E-state index contributed by atoms with van der Waals surface area (Å²) in [6, 6.07) is 64.8. The Kier molecular flexibility index (Phi) is 5.65. The van der Waals surface area contributed by atoms with E-state index in [0.717, 1.165) is 11.4 Å². The number of rotatable bonds is 3. The molecule has 8 aromatic carbocycles. The van der Waals surface area contributed by atoms with Gasteiger partial charge in [0.1, 0.15) is 0 Å². The van der Waals surface area contributed by atoms with E-state index in [4.69, 9.17) is 0 Å². The molecule has 0 amide bonds. The molecule has 0 aliphatic carbocycles. The molecule has 0 unspecified atom stereocenters. The first-order valence-corrected chi connectivity index (χ1v) is 18.6. The van der Waals surface area contributed by atoms with Crippen molar-refractivity contribution >= 4 is 96.9 Å². The van der Waals surface area contributed by atoms with Crippen LogP contribution in [0.25, 0.3) is 103 Å². The fraction of sp³-hybridized carbons (Fsp3) is 0. The van der Waals surface area contributed by atoms with Crippen molar-refractivity contribution in [2.45, 2.75) is 0 Å². The van der Waals surface area contributed by atoms with E-state index < -0.39 is 0 Å². The van der Waals surface area contributed by atoms with Gasteiger partial charge in [-0.25, -0.2) is 0 Å². The Morgan fingerprint density at radius 3 is 1.04 bits per heavy atom. The maximum atomic E-state index is 2.46. The van der Waals surface area contributed by atoms with E-state index in [2.05, 4.69) is 190 Å². The molecule has 4 heteroatoms. The second-order valence-electron chi connectivity index (χ2n) is 13.8. The summed E-state index contributed by atoms with van der Waals surface area (Å²) in [5.41, 5.74) is 10.7. The zero-order chi connectivity index (χ0) is 33.9. The van der Waals surface area contributed by atoms with Crippen LogP contribution in [0.15, 0.2) is 176 Å². The fourth-order valence-electron chi connectivity index (χ4n) is 8.81. The maximum absolute atomic E-state index is 2.46. The summed E-state index contributed by atoms with van der Waals surface area (Å²) < 4.78 is 9.94. The highest BCUT2D eigenvalue weighted by Gasteiger charge is 2.19. The number of nitrogens with zero attached hydrogens (tertiary/aromatic N) is 3. The average molecular weight is 680 g/mol. The van der Waals surface area contributed by atoms with Gasteiger partial charge in [0.25, 0.3) is 0 Å². The monoisotopic (exact) mass is 679 g/mol. The summed E-state index contributed by atoms with van der Waals surface area (Å²) >= 11 is 1.86. The van der Waals surface area contributed by atoms with Gasteiger partial charge in [-0.1, -0.05) is 91.0 Å². The number of fused-ring (bicyclic) bond motifs is 12. The molecule has 0 aliphatic heterocycles. The molecule has 0 bridgehead atoms. The van der Waals surface area contributed by atoms with Gasteiger partial charge in [-0.05, 0) is 84.9 Å². The lowest BCUT2D eigenvalue weighted by Crippen LogP contribution is -1.96. The minimum absolute atomic E-state index is 1.16. The molecule has 0 aliphatic rings. The first-order valence-electron chi connectivity index (χ1n) is 17.8. The Morgan fingerprint density at radius 2 is 0.577 bits per heavy atom. The summed E-state index contributed by atoms with van der Waals surface area (Å²) in [6.07, 6.45) is 0. The lowest BCUT2D eigenvalue weighted by Gasteiger charge is -2.11. The van der Waals surface area contributed by atoms with Crippen LogP contribution >= 0.6 is 11.3 Å². The molecule has 0 N–H and O–H groups in total. The molecule has 0 atom stereocenters. The van der Waals surface area contributed by atoms with Crippen LogP contribution in [0.1, 0.15) is 0 Å². The van der Waals surface area contributed by atoms with Crippen molar-refractivity contribution in [3.8, 4) is 17.1 Å². The smallest absolute Gasteiger partial charge is 0.0542 e. The quantitative estimate of drug-likeness (QED) is 0.177. The molecule has 0 radical (unpaired) electrons. The van der Waals surface area contributed by atoms with E-state index in [0.29, 0.717) is 0 Å². The first kappa shape index (κ1) is 28.1. The van der Waals surface area contributed by atoms with E-state index in [-0.39, 0.29) is 0 Å². The molecular formula is C48H29N3S. The van der Waals surface area contributed by atoms with E-state index in [9.17, 15) is 0 Å². The molecule has 4 heterocycles. The molecular weight excluding hydrogens is 651 g/mol. The van der Waals surface area contributed by atoms with Crippen LogP contribution < -0.4 is 0 Å². The third-order valence-electron chi connectivity index (χ3n) is 11.0. The Hall–Kier alpha value is -6.62. The Morgan fingerprint density at radius 1 is 0.250 bits per heavy atom. The second kappa shape index (κ2) is 10.5. The molecule has 3 nitrogen and oxygen atoms in total. The summed E-state index contributed by atoms with van der Waals surface area (Å²) in [7, 11) is 0. The normalized spacial score (nSPS) is 12.2. The largest absolute Gasteiger partial charge is 0.309 e. The summed E-state index contributed by atoms with van der Waals surface area (Å²) in [6.45, 7) is 0. The third kappa shape index (κ3) is 3.79. The minimum Gasteiger partial charge on any atom is -0.309 e. The van der Waals surface area contributed by atoms with E-state index >= 15 is 0 Å². The molecule has 0 saturated carbocycles. The van der Waals surface area contributed by atoms with Crippen LogP contribution in [-0.4, -0.2) is 13.7 Å². The fourth-order valence-corrected chi connectivity index (χ4v) is 9.90. The van der Waals surface area contributed by atoms with Crippen molar-refractivity contribution in [2.24, 2.45) is 0 Å². The number of hydrogen-bond donors (Lipinski definition) is 0. The number of benzene rings is 8. The lowest BCUT2D eigenvalue weighted by atomic mass is 10.1. The minimum atomic E-state index is 1.16. The highest BCUT2D eigenvalue weighted by molar-refractivity contribution is 7.25. The highest BCUT2D eigenvalue weighted by Crippen LogP contribution is 2.41. The highest BCUT2D eigenvalue weighted by atomic mass is 32.1. The van der Waals surface area contributed by atoms with E-state index in [1.807, 2.05) is 11.3 Å². The lowest BCUT2D eigenvalue weighted by molar-refractivity contribution is 1.16. The predicted octanol–water partition coefficient (Wildman–Crippen LogP) is 13.3. The molecule has 0 saturated heterocycles. The van der Waals surface area contributed by atoms with Gasteiger partial charge in [-0.3, -0.25) is 0 Å². The summed E-state index contributed by atoms with van der Waals surface area (Å²) in [4.78, 5) is 0. The van der Waals surface area contributed by atoms with E-state index in [1.54, 1.807) is 0 Å². The van der Waals surface area contributed by atoms with Crippen LogP contribution in [0.2, 0.25) is 0 Å². The van der Waals surface area contributed by atoms with Gasteiger partial charge in [0.05, 0.1) is 33.1 Å². The molecule has 12 rings (SSSR count). The average Bonchev–Trinajstić information content (AvgIpc) is 3.93. The van der Waals surface area contributed by atoms with Crippen LogP contribution in [0.3, 0.4) is 0 Å². The maximum Gasteiger partial charge on any atom is 0.0542 e. The second-order valence-corrected chi connectivity index (χ2v) is 14.8. The van der Waals surface area contributed by atoms with Crippen molar-refractivity contribution in [2.75, 3.05) is 0 Å². The zero-order valence-corrected chi connectivity index (χ0v) is 28.8. The van der Waals surface area contributed by atoms with Crippen molar-refractivity contribution in [1.29, 1.82) is 0 Å². The van der Waals surface area contributed by atoms with Crippen molar-refractivity contribution in [3.63, 3.8) is 0 Å². The van der Waals surface area contributed by atoms with Crippen LogP contribution in [-0.2, 0) is 0 Å². The Bertz CT molecular complexity index is 3150. The molecule has 52 heavy (non-hydrogen) atoms. The predicted molar refractivity (Wildman–Crippen MR) is 222 cm³/mol. The molecule has 12 aromatic rings. The first-order chi connectivity index (χ1) is 25.8. The van der Waals surface area contributed by atoms with Gasteiger partial charge in [-0.15, -0.1) is 11.3 Å². The molecule has 4 aromatic heterocycles. The SMILES string of the molecule is c1ccc2c(c1)sc1ccc(-n3c4ccc(-n5c6ccccc6c6ccccc65)cc4c4cc(-n5c6ccccc6c6ccccc65)ccc43)cc12. The summed E-state index contributed by atoms with van der Waals surface area (Å²) in [5.74, 6) is 0. The number of hydrogen-bond acceptors (Lipinski definition) is 1. The van der Waals surface area contributed by atoms with Gasteiger partial charge in [-0.2, -0.15) is 0 Å². The van der Waals surface area contributed by atoms with Crippen molar-refractivity contribution in [3.05, 3.63) is 176 Å².